The minimum Gasteiger partial charge on any atom is -0.298 e. The smallest absolute Gasteiger partial charge is 0.0271 e. The first-order valence-corrected chi connectivity index (χ1v) is 8.18. The van der Waals surface area contributed by atoms with Gasteiger partial charge in [-0.15, -0.1) is 0 Å². The molecule has 0 aromatic carbocycles. The molecule has 2 aliphatic rings. The predicted octanol–water partition coefficient (Wildman–Crippen LogP) is 2.78. The van der Waals surface area contributed by atoms with Gasteiger partial charge in [-0.1, -0.05) is 19.8 Å². The Kier molecular flexibility index (Phi) is 4.69. The van der Waals surface area contributed by atoms with Gasteiger partial charge in [-0.25, -0.2) is 0 Å². The Morgan fingerprint density at radius 3 is 2.45 bits per heavy atom. The van der Waals surface area contributed by atoms with Crippen molar-refractivity contribution in [3.05, 3.63) is 30.1 Å². The molecule has 20 heavy (non-hydrogen) atoms. The molecule has 1 aliphatic heterocycles. The number of aromatic nitrogens is 1. The molecular weight excluding hydrogens is 246 g/mol. The topological polar surface area (TPSA) is 19.4 Å². The largest absolute Gasteiger partial charge is 0.298 e. The highest BCUT2D eigenvalue weighted by molar-refractivity contribution is 5.09. The number of hydrogen-bond donors (Lipinski definition) is 0. The highest BCUT2D eigenvalue weighted by atomic mass is 15.3. The van der Waals surface area contributed by atoms with Crippen molar-refractivity contribution in [2.24, 2.45) is 5.92 Å². The van der Waals surface area contributed by atoms with Crippen molar-refractivity contribution in [1.82, 2.24) is 14.8 Å². The van der Waals surface area contributed by atoms with Gasteiger partial charge in [0.25, 0.3) is 0 Å². The molecule has 2 heterocycles. The highest BCUT2D eigenvalue weighted by Gasteiger charge is 2.29. The summed E-state index contributed by atoms with van der Waals surface area (Å²) < 4.78 is 0. The molecule has 0 unspecified atom stereocenters. The number of hydrogen-bond acceptors (Lipinski definition) is 3. The molecule has 0 radical (unpaired) electrons. The third-order valence-corrected chi connectivity index (χ3v) is 5.10. The maximum Gasteiger partial charge on any atom is 0.0271 e. The molecule has 1 aliphatic carbocycles. The summed E-state index contributed by atoms with van der Waals surface area (Å²) in [6.45, 7) is 8.46. The summed E-state index contributed by atoms with van der Waals surface area (Å²) in [6.07, 6.45) is 9.53. The summed E-state index contributed by atoms with van der Waals surface area (Å²) in [4.78, 5) is 9.43. The summed E-state index contributed by atoms with van der Waals surface area (Å²) in [6, 6.07) is 5.12. The van der Waals surface area contributed by atoms with Crippen LogP contribution in [0.3, 0.4) is 0 Å². The lowest BCUT2D eigenvalue weighted by Crippen LogP contribution is -2.52. The molecule has 1 saturated carbocycles. The Hall–Kier alpha value is -0.930. The summed E-state index contributed by atoms with van der Waals surface area (Å²) >= 11 is 0. The summed E-state index contributed by atoms with van der Waals surface area (Å²) in [5, 5.41) is 0. The molecule has 1 saturated heterocycles. The fourth-order valence-corrected chi connectivity index (χ4v) is 3.84. The van der Waals surface area contributed by atoms with E-state index in [0.29, 0.717) is 0 Å². The second-order valence-electron chi connectivity index (χ2n) is 6.50. The van der Waals surface area contributed by atoms with Crippen LogP contribution in [0.25, 0.3) is 0 Å². The third-order valence-electron chi connectivity index (χ3n) is 5.10. The molecule has 0 bridgehead atoms. The van der Waals surface area contributed by atoms with Crippen LogP contribution in [0.1, 0.15) is 38.2 Å². The van der Waals surface area contributed by atoms with Crippen molar-refractivity contribution < 1.29 is 0 Å². The van der Waals surface area contributed by atoms with Gasteiger partial charge >= 0.3 is 0 Å². The average Bonchev–Trinajstić information content (AvgIpc) is 2.50. The molecule has 0 spiro atoms. The molecule has 1 aromatic rings. The van der Waals surface area contributed by atoms with Crippen LogP contribution in [0.2, 0.25) is 0 Å². The van der Waals surface area contributed by atoms with E-state index in [2.05, 4.69) is 33.8 Å². The van der Waals surface area contributed by atoms with Gasteiger partial charge in [0, 0.05) is 51.2 Å². The minimum atomic E-state index is 0.854. The third kappa shape index (κ3) is 3.39. The van der Waals surface area contributed by atoms with Crippen molar-refractivity contribution in [3.63, 3.8) is 0 Å². The van der Waals surface area contributed by atoms with Crippen molar-refractivity contribution >= 4 is 0 Å². The van der Waals surface area contributed by atoms with Gasteiger partial charge in [0.1, 0.15) is 0 Å². The van der Waals surface area contributed by atoms with E-state index in [1.165, 1.54) is 57.4 Å². The lowest BCUT2D eigenvalue weighted by Gasteiger charge is -2.43. The standard InChI is InChI=1S/C17H27N3/c1-15-4-2-3-5-17(15)20-12-10-19(11-13-20)14-16-6-8-18-9-7-16/h6-9,15,17H,2-5,10-14H2,1H3/t15-,17+/m0/s1. The highest BCUT2D eigenvalue weighted by Crippen LogP contribution is 2.28. The van der Waals surface area contributed by atoms with Crippen LogP contribution in [0, 0.1) is 5.92 Å². The van der Waals surface area contributed by atoms with Crippen molar-refractivity contribution in [2.75, 3.05) is 26.2 Å². The molecule has 110 valence electrons. The summed E-state index contributed by atoms with van der Waals surface area (Å²) in [7, 11) is 0. The number of pyridine rings is 1. The second-order valence-corrected chi connectivity index (χ2v) is 6.50. The van der Waals surface area contributed by atoms with Gasteiger partial charge < -0.3 is 0 Å². The summed E-state index contributed by atoms with van der Waals surface area (Å²) in [5.74, 6) is 0.899. The van der Waals surface area contributed by atoms with E-state index in [-0.39, 0.29) is 0 Å². The Bertz CT molecular complexity index is 398. The van der Waals surface area contributed by atoms with Crippen molar-refractivity contribution in [2.45, 2.75) is 45.2 Å². The fraction of sp³-hybridized carbons (Fsp3) is 0.706. The molecular formula is C17H27N3. The molecule has 3 nitrogen and oxygen atoms in total. The van der Waals surface area contributed by atoms with Crippen LogP contribution in [-0.2, 0) is 6.54 Å². The maximum atomic E-state index is 4.09. The number of nitrogens with zero attached hydrogens (tertiary/aromatic N) is 3. The molecule has 1 aromatic heterocycles. The van der Waals surface area contributed by atoms with Crippen LogP contribution in [-0.4, -0.2) is 47.0 Å². The van der Waals surface area contributed by atoms with E-state index in [9.17, 15) is 0 Å². The van der Waals surface area contributed by atoms with Crippen molar-refractivity contribution in [3.8, 4) is 0 Å². The zero-order valence-corrected chi connectivity index (χ0v) is 12.7. The van der Waals surface area contributed by atoms with Crippen LogP contribution >= 0.6 is 0 Å². The van der Waals surface area contributed by atoms with Gasteiger partial charge in [0.05, 0.1) is 0 Å². The van der Waals surface area contributed by atoms with Crippen LogP contribution in [0.5, 0.6) is 0 Å². The lowest BCUT2D eigenvalue weighted by atomic mass is 9.84. The van der Waals surface area contributed by atoms with E-state index in [1.54, 1.807) is 0 Å². The second kappa shape index (κ2) is 6.68. The zero-order chi connectivity index (χ0) is 13.8. The van der Waals surface area contributed by atoms with E-state index in [4.69, 9.17) is 0 Å². The quantitative estimate of drug-likeness (QED) is 0.844. The van der Waals surface area contributed by atoms with E-state index in [1.807, 2.05) is 12.4 Å². The van der Waals surface area contributed by atoms with E-state index in [0.717, 1.165) is 18.5 Å². The van der Waals surface area contributed by atoms with Gasteiger partial charge in [-0.3, -0.25) is 14.8 Å². The van der Waals surface area contributed by atoms with E-state index >= 15 is 0 Å². The first-order chi connectivity index (χ1) is 9.83. The van der Waals surface area contributed by atoms with Gasteiger partial charge in [0.2, 0.25) is 0 Å². The molecule has 3 rings (SSSR count). The molecule has 3 heteroatoms. The molecule has 0 N–H and O–H groups in total. The Balaban J connectivity index is 1.49. The van der Waals surface area contributed by atoms with Gasteiger partial charge in [-0.2, -0.15) is 0 Å². The maximum absolute atomic E-state index is 4.09. The Morgan fingerprint density at radius 2 is 1.75 bits per heavy atom. The van der Waals surface area contributed by atoms with Crippen LogP contribution < -0.4 is 0 Å². The SMILES string of the molecule is C[C@H]1CCCC[C@H]1N1CCN(Cc2ccncc2)CC1. The first-order valence-electron chi connectivity index (χ1n) is 8.18. The van der Waals surface area contributed by atoms with Gasteiger partial charge in [-0.05, 0) is 36.5 Å². The zero-order valence-electron chi connectivity index (χ0n) is 12.7. The monoisotopic (exact) mass is 273 g/mol. The van der Waals surface area contributed by atoms with E-state index < -0.39 is 0 Å². The molecule has 2 fully saturated rings. The molecule has 0 amide bonds. The number of rotatable bonds is 3. The fourth-order valence-electron chi connectivity index (χ4n) is 3.84. The molecule has 2 atom stereocenters. The minimum absolute atomic E-state index is 0.854. The average molecular weight is 273 g/mol. The summed E-state index contributed by atoms with van der Waals surface area (Å²) in [5.41, 5.74) is 1.39. The Morgan fingerprint density at radius 1 is 1.05 bits per heavy atom. The van der Waals surface area contributed by atoms with Crippen molar-refractivity contribution in [1.29, 1.82) is 0 Å². The number of piperazine rings is 1. The first kappa shape index (κ1) is 14.0. The van der Waals surface area contributed by atoms with Crippen LogP contribution in [0.15, 0.2) is 24.5 Å². The lowest BCUT2D eigenvalue weighted by molar-refractivity contribution is 0.0518. The normalized spacial score (nSPS) is 29.4. The predicted molar refractivity (Wildman–Crippen MR) is 82.5 cm³/mol. The van der Waals surface area contributed by atoms with Crippen LogP contribution in [0.4, 0.5) is 0 Å². The Labute approximate surface area is 123 Å². The van der Waals surface area contributed by atoms with Gasteiger partial charge in [0.15, 0.2) is 0 Å².